The average Bonchev–Trinajstić information content (AvgIpc) is 3.16. The lowest BCUT2D eigenvalue weighted by molar-refractivity contribution is -0.116. The molecule has 0 fully saturated rings. The molecule has 1 N–H and O–H groups in total. The molecule has 0 saturated heterocycles. The van der Waals surface area contributed by atoms with Gasteiger partial charge in [0, 0.05) is 24.6 Å². The van der Waals surface area contributed by atoms with E-state index < -0.39 is 0 Å². The van der Waals surface area contributed by atoms with Crippen molar-refractivity contribution in [2.24, 2.45) is 0 Å². The number of Topliss-reactive ketones (excluding diaryl/α,β-unsaturated/α-hetero) is 1. The first kappa shape index (κ1) is 16.9. The molecule has 3 aromatic rings. The highest BCUT2D eigenvalue weighted by Gasteiger charge is 2.10. The predicted molar refractivity (Wildman–Crippen MR) is 99.5 cm³/mol. The van der Waals surface area contributed by atoms with E-state index in [1.54, 1.807) is 18.2 Å². The van der Waals surface area contributed by atoms with Gasteiger partial charge in [0.1, 0.15) is 11.5 Å². The van der Waals surface area contributed by atoms with Crippen LogP contribution in [-0.4, -0.2) is 11.7 Å². The van der Waals surface area contributed by atoms with Crippen LogP contribution >= 0.6 is 11.3 Å². The van der Waals surface area contributed by atoms with Crippen LogP contribution in [-0.2, 0) is 4.79 Å². The fraction of sp³-hybridized carbons (Fsp3) is 0.100. The van der Waals surface area contributed by atoms with Crippen LogP contribution in [0.15, 0.2) is 72.1 Å². The average molecular weight is 351 g/mol. The molecule has 0 bridgehead atoms. The van der Waals surface area contributed by atoms with Gasteiger partial charge in [0.25, 0.3) is 0 Å². The molecule has 0 aliphatic heterocycles. The molecule has 2 aromatic carbocycles. The number of carbonyl (C=O) groups is 2. The molecule has 1 amide bonds. The van der Waals surface area contributed by atoms with Crippen LogP contribution < -0.4 is 10.1 Å². The van der Waals surface area contributed by atoms with Gasteiger partial charge in [-0.2, -0.15) is 0 Å². The number of ketones is 1. The van der Waals surface area contributed by atoms with Crippen molar-refractivity contribution in [1.82, 2.24) is 0 Å². The summed E-state index contributed by atoms with van der Waals surface area (Å²) in [5.41, 5.74) is 0.641. The number of nitrogens with one attached hydrogen (secondary N) is 1. The van der Waals surface area contributed by atoms with Crippen LogP contribution in [0.5, 0.6) is 11.5 Å². The van der Waals surface area contributed by atoms with Crippen molar-refractivity contribution in [1.29, 1.82) is 0 Å². The maximum absolute atomic E-state index is 12.1. The van der Waals surface area contributed by atoms with Crippen molar-refractivity contribution in [2.75, 3.05) is 5.32 Å². The topological polar surface area (TPSA) is 55.4 Å². The quantitative estimate of drug-likeness (QED) is 0.600. The Hall–Kier alpha value is -2.92. The number of rotatable bonds is 7. The molecule has 4 nitrogen and oxygen atoms in total. The Labute approximate surface area is 150 Å². The van der Waals surface area contributed by atoms with Crippen molar-refractivity contribution in [3.05, 3.63) is 77.0 Å². The molecular formula is C20H17NO3S. The number of carbonyl (C=O) groups excluding carboxylic acids is 2. The van der Waals surface area contributed by atoms with Gasteiger partial charge >= 0.3 is 0 Å². The third kappa shape index (κ3) is 5.02. The molecule has 126 valence electrons. The second-order valence-corrected chi connectivity index (χ2v) is 6.34. The van der Waals surface area contributed by atoms with E-state index in [-0.39, 0.29) is 24.5 Å². The highest BCUT2D eigenvalue weighted by molar-refractivity contribution is 7.12. The first-order valence-electron chi connectivity index (χ1n) is 7.90. The van der Waals surface area contributed by atoms with Crippen LogP contribution in [0.2, 0.25) is 0 Å². The molecule has 0 aliphatic rings. The van der Waals surface area contributed by atoms with Gasteiger partial charge in [-0.3, -0.25) is 9.59 Å². The number of para-hydroxylation sites is 1. The van der Waals surface area contributed by atoms with E-state index in [4.69, 9.17) is 4.74 Å². The van der Waals surface area contributed by atoms with E-state index >= 15 is 0 Å². The SMILES string of the molecule is O=C(CCC(=O)c1cccs1)Nc1cccc(Oc2ccccc2)c1. The normalized spacial score (nSPS) is 10.2. The minimum Gasteiger partial charge on any atom is -0.457 e. The van der Waals surface area contributed by atoms with E-state index in [1.165, 1.54) is 11.3 Å². The molecule has 0 radical (unpaired) electrons. The predicted octanol–water partition coefficient (Wildman–Crippen LogP) is 5.14. The lowest BCUT2D eigenvalue weighted by Gasteiger charge is -2.09. The number of hydrogen-bond donors (Lipinski definition) is 1. The largest absolute Gasteiger partial charge is 0.457 e. The lowest BCUT2D eigenvalue weighted by Crippen LogP contribution is -2.13. The second-order valence-electron chi connectivity index (χ2n) is 5.39. The van der Waals surface area contributed by atoms with Gasteiger partial charge in [-0.15, -0.1) is 11.3 Å². The van der Waals surface area contributed by atoms with Crippen LogP contribution in [0, 0.1) is 0 Å². The first-order valence-corrected chi connectivity index (χ1v) is 8.78. The summed E-state index contributed by atoms with van der Waals surface area (Å²) in [5.74, 6) is 1.17. The first-order chi connectivity index (χ1) is 12.2. The van der Waals surface area contributed by atoms with Crippen molar-refractivity contribution >= 4 is 28.7 Å². The molecule has 1 heterocycles. The summed E-state index contributed by atoms with van der Waals surface area (Å²) in [6.45, 7) is 0. The molecular weight excluding hydrogens is 334 g/mol. The summed E-state index contributed by atoms with van der Waals surface area (Å²) >= 11 is 1.39. The number of amides is 1. The van der Waals surface area contributed by atoms with Gasteiger partial charge in [-0.1, -0.05) is 30.3 Å². The highest BCUT2D eigenvalue weighted by atomic mass is 32.1. The molecule has 25 heavy (non-hydrogen) atoms. The van der Waals surface area contributed by atoms with Gasteiger partial charge in [0.2, 0.25) is 5.91 Å². The second kappa shape index (κ2) is 8.26. The van der Waals surface area contributed by atoms with Gasteiger partial charge < -0.3 is 10.1 Å². The zero-order valence-corrected chi connectivity index (χ0v) is 14.3. The molecule has 1 aromatic heterocycles. The van der Waals surface area contributed by atoms with E-state index in [1.807, 2.05) is 53.9 Å². The summed E-state index contributed by atoms with van der Waals surface area (Å²) in [6, 6.07) is 20.2. The zero-order chi connectivity index (χ0) is 17.5. The van der Waals surface area contributed by atoms with E-state index in [0.29, 0.717) is 16.3 Å². The summed E-state index contributed by atoms with van der Waals surface area (Å²) in [5, 5.41) is 4.65. The molecule has 0 aliphatic carbocycles. The highest BCUT2D eigenvalue weighted by Crippen LogP contribution is 2.24. The number of benzene rings is 2. The van der Waals surface area contributed by atoms with E-state index in [2.05, 4.69) is 5.32 Å². The summed E-state index contributed by atoms with van der Waals surface area (Å²) in [6.07, 6.45) is 0.354. The Balaban J connectivity index is 1.54. The van der Waals surface area contributed by atoms with Crippen molar-refractivity contribution in [3.63, 3.8) is 0 Å². The number of hydrogen-bond acceptors (Lipinski definition) is 4. The minimum atomic E-state index is -0.193. The minimum absolute atomic E-state index is 0.00804. The maximum Gasteiger partial charge on any atom is 0.224 e. The molecule has 0 atom stereocenters. The van der Waals surface area contributed by atoms with E-state index in [9.17, 15) is 9.59 Å². The van der Waals surface area contributed by atoms with Gasteiger partial charge in [-0.25, -0.2) is 0 Å². The van der Waals surface area contributed by atoms with Crippen molar-refractivity contribution in [3.8, 4) is 11.5 Å². The number of ether oxygens (including phenoxy) is 1. The van der Waals surface area contributed by atoms with Gasteiger partial charge in [0.05, 0.1) is 4.88 Å². The Kier molecular flexibility index (Phi) is 5.59. The smallest absolute Gasteiger partial charge is 0.224 e. The Morgan fingerprint density at radius 2 is 1.68 bits per heavy atom. The summed E-state index contributed by atoms with van der Waals surface area (Å²) in [7, 11) is 0. The van der Waals surface area contributed by atoms with Crippen LogP contribution in [0.4, 0.5) is 5.69 Å². The Morgan fingerprint density at radius 3 is 2.44 bits per heavy atom. The monoisotopic (exact) mass is 351 g/mol. The summed E-state index contributed by atoms with van der Waals surface area (Å²) < 4.78 is 5.74. The molecule has 5 heteroatoms. The van der Waals surface area contributed by atoms with Crippen molar-refractivity contribution < 1.29 is 14.3 Å². The third-order valence-electron chi connectivity index (χ3n) is 3.47. The van der Waals surface area contributed by atoms with Crippen LogP contribution in [0.25, 0.3) is 0 Å². The fourth-order valence-electron chi connectivity index (χ4n) is 2.27. The van der Waals surface area contributed by atoms with Gasteiger partial charge in [-0.05, 0) is 35.7 Å². The van der Waals surface area contributed by atoms with Crippen LogP contribution in [0.1, 0.15) is 22.5 Å². The molecule has 0 saturated carbocycles. The lowest BCUT2D eigenvalue weighted by atomic mass is 10.2. The molecule has 0 spiro atoms. The maximum atomic E-state index is 12.1. The molecule has 3 rings (SSSR count). The number of anilines is 1. The zero-order valence-electron chi connectivity index (χ0n) is 13.5. The fourth-order valence-corrected chi connectivity index (χ4v) is 2.97. The number of thiophene rings is 1. The van der Waals surface area contributed by atoms with Crippen molar-refractivity contribution in [2.45, 2.75) is 12.8 Å². The Bertz CT molecular complexity index is 844. The Morgan fingerprint density at radius 1 is 0.880 bits per heavy atom. The van der Waals surface area contributed by atoms with Gasteiger partial charge in [0.15, 0.2) is 5.78 Å². The van der Waals surface area contributed by atoms with Crippen LogP contribution in [0.3, 0.4) is 0 Å². The van der Waals surface area contributed by atoms with E-state index in [0.717, 1.165) is 5.75 Å². The standard InChI is InChI=1S/C20H17NO3S/c22-18(19-10-5-13-25-19)11-12-20(23)21-15-6-4-9-17(14-15)24-16-7-2-1-3-8-16/h1-10,13-14H,11-12H2,(H,21,23). The third-order valence-corrected chi connectivity index (χ3v) is 4.38. The summed E-state index contributed by atoms with van der Waals surface area (Å²) in [4.78, 5) is 24.7. The molecule has 0 unspecified atom stereocenters.